The van der Waals surface area contributed by atoms with Crippen LogP contribution in [0.5, 0.6) is 0 Å². The predicted octanol–water partition coefficient (Wildman–Crippen LogP) is 3.49. The van der Waals surface area contributed by atoms with Gasteiger partial charge < -0.3 is 5.11 Å². The molecule has 20 heavy (non-hydrogen) atoms. The second-order valence-electron chi connectivity index (χ2n) is 5.70. The minimum absolute atomic E-state index is 0.0610. The third-order valence-corrected chi connectivity index (χ3v) is 5.74. The largest absolute Gasteiger partial charge is 0.384 e. The van der Waals surface area contributed by atoms with E-state index in [0.29, 0.717) is 5.41 Å². The van der Waals surface area contributed by atoms with Crippen LogP contribution in [0.25, 0.3) is 0 Å². The Morgan fingerprint density at radius 1 is 1.30 bits per heavy atom. The van der Waals surface area contributed by atoms with Gasteiger partial charge >= 0.3 is 0 Å². The molecule has 1 fully saturated rings. The normalized spacial score (nSPS) is 18.6. The number of thiophene rings is 1. The highest BCUT2D eigenvalue weighted by Gasteiger charge is 2.31. The van der Waals surface area contributed by atoms with E-state index in [1.54, 1.807) is 11.3 Å². The number of likely N-dealkylation sites (tertiary alicyclic amines) is 1. The molecular formula is C17H25NOS. The van der Waals surface area contributed by atoms with E-state index >= 15 is 0 Å². The Morgan fingerprint density at radius 3 is 2.60 bits per heavy atom. The number of aliphatic hydroxyl groups is 1. The second kappa shape index (κ2) is 7.26. The SMILES string of the molecule is CCC1(CC)CCN(Cc2sccc2C#CCO)CC1. The van der Waals surface area contributed by atoms with Crippen molar-refractivity contribution in [3.05, 3.63) is 21.9 Å². The molecule has 1 aliphatic rings. The molecule has 110 valence electrons. The first-order valence-electron chi connectivity index (χ1n) is 7.61. The highest BCUT2D eigenvalue weighted by Crippen LogP contribution is 2.38. The molecule has 1 aromatic rings. The van der Waals surface area contributed by atoms with Crippen LogP contribution >= 0.6 is 11.3 Å². The maximum absolute atomic E-state index is 8.81. The summed E-state index contributed by atoms with van der Waals surface area (Å²) < 4.78 is 0. The molecule has 1 aromatic heterocycles. The van der Waals surface area contributed by atoms with Gasteiger partial charge in [0.15, 0.2) is 0 Å². The molecule has 3 heteroatoms. The summed E-state index contributed by atoms with van der Waals surface area (Å²) >= 11 is 1.78. The van der Waals surface area contributed by atoms with E-state index < -0.39 is 0 Å². The van der Waals surface area contributed by atoms with Crippen LogP contribution < -0.4 is 0 Å². The zero-order valence-electron chi connectivity index (χ0n) is 12.6. The molecule has 1 N–H and O–H groups in total. The summed E-state index contributed by atoms with van der Waals surface area (Å²) in [4.78, 5) is 3.89. The van der Waals surface area contributed by atoms with Gasteiger partial charge in [-0.3, -0.25) is 4.90 Å². The van der Waals surface area contributed by atoms with Crippen LogP contribution in [0.15, 0.2) is 11.4 Å². The fourth-order valence-electron chi connectivity index (χ4n) is 3.05. The molecule has 2 nitrogen and oxygen atoms in total. The number of nitrogens with zero attached hydrogens (tertiary/aromatic N) is 1. The molecule has 0 aliphatic carbocycles. The number of hydrogen-bond acceptors (Lipinski definition) is 3. The van der Waals surface area contributed by atoms with Gasteiger partial charge in [-0.15, -0.1) is 11.3 Å². The number of hydrogen-bond donors (Lipinski definition) is 1. The van der Waals surface area contributed by atoms with E-state index in [0.717, 1.165) is 12.1 Å². The molecule has 1 saturated heterocycles. The van der Waals surface area contributed by atoms with Crippen LogP contribution in [-0.2, 0) is 6.54 Å². The molecule has 0 amide bonds. The van der Waals surface area contributed by atoms with E-state index in [-0.39, 0.29) is 6.61 Å². The minimum atomic E-state index is -0.0610. The van der Waals surface area contributed by atoms with E-state index in [2.05, 4.69) is 42.0 Å². The first-order valence-corrected chi connectivity index (χ1v) is 8.49. The Hall–Kier alpha value is -0.820. The molecular weight excluding hydrogens is 266 g/mol. The molecule has 0 saturated carbocycles. The summed E-state index contributed by atoms with van der Waals surface area (Å²) in [6.45, 7) is 8.02. The standard InChI is InChI=1S/C17H25NOS/c1-3-17(4-2)8-10-18(11-9-17)14-16-15(6-5-12-19)7-13-20-16/h7,13,19H,3-4,8-12,14H2,1-2H3. The monoisotopic (exact) mass is 291 g/mol. The molecule has 1 aliphatic heterocycles. The molecule has 2 rings (SSSR count). The molecule has 0 aromatic carbocycles. The zero-order chi connectivity index (χ0) is 14.4. The molecule has 0 atom stereocenters. The summed E-state index contributed by atoms with van der Waals surface area (Å²) in [5, 5.41) is 10.9. The van der Waals surface area contributed by atoms with Gasteiger partial charge in [0, 0.05) is 17.0 Å². The van der Waals surface area contributed by atoms with Crippen molar-refractivity contribution in [1.82, 2.24) is 4.90 Å². The summed E-state index contributed by atoms with van der Waals surface area (Å²) in [6, 6.07) is 2.06. The maximum atomic E-state index is 8.81. The van der Waals surface area contributed by atoms with Gasteiger partial charge in [-0.1, -0.05) is 38.5 Å². The van der Waals surface area contributed by atoms with Gasteiger partial charge in [0.1, 0.15) is 6.61 Å². The van der Waals surface area contributed by atoms with Gasteiger partial charge in [0.05, 0.1) is 0 Å². The maximum Gasteiger partial charge on any atom is 0.104 e. The molecule has 0 radical (unpaired) electrons. The van der Waals surface area contributed by atoms with Crippen LogP contribution in [0.1, 0.15) is 50.0 Å². The van der Waals surface area contributed by atoms with E-state index in [4.69, 9.17) is 5.11 Å². The fourth-order valence-corrected chi connectivity index (χ4v) is 3.93. The van der Waals surface area contributed by atoms with Gasteiger partial charge in [0.2, 0.25) is 0 Å². The van der Waals surface area contributed by atoms with Crippen LogP contribution in [0.3, 0.4) is 0 Å². The first-order chi connectivity index (χ1) is 9.73. The van der Waals surface area contributed by atoms with Crippen molar-refractivity contribution in [3.63, 3.8) is 0 Å². The third-order valence-electron chi connectivity index (χ3n) is 4.83. The minimum Gasteiger partial charge on any atom is -0.384 e. The van der Waals surface area contributed by atoms with Crippen LogP contribution in [0.2, 0.25) is 0 Å². The zero-order valence-corrected chi connectivity index (χ0v) is 13.4. The lowest BCUT2D eigenvalue weighted by Crippen LogP contribution is -2.39. The van der Waals surface area contributed by atoms with E-state index in [9.17, 15) is 0 Å². The van der Waals surface area contributed by atoms with Gasteiger partial charge in [-0.2, -0.15) is 0 Å². The lowest BCUT2D eigenvalue weighted by atomic mass is 9.74. The quantitative estimate of drug-likeness (QED) is 0.858. The Balaban J connectivity index is 1.94. The Morgan fingerprint density at radius 2 is 2.00 bits per heavy atom. The van der Waals surface area contributed by atoms with Crippen molar-refractivity contribution in [2.24, 2.45) is 5.41 Å². The number of aliphatic hydroxyl groups excluding tert-OH is 1. The van der Waals surface area contributed by atoms with Crippen molar-refractivity contribution in [1.29, 1.82) is 0 Å². The summed E-state index contributed by atoms with van der Waals surface area (Å²) in [5.41, 5.74) is 1.68. The van der Waals surface area contributed by atoms with Crippen LogP contribution in [0.4, 0.5) is 0 Å². The highest BCUT2D eigenvalue weighted by molar-refractivity contribution is 7.10. The molecule has 0 bridgehead atoms. The van der Waals surface area contributed by atoms with Crippen molar-refractivity contribution >= 4 is 11.3 Å². The summed E-state index contributed by atoms with van der Waals surface area (Å²) in [5.74, 6) is 5.81. The van der Waals surface area contributed by atoms with Crippen molar-refractivity contribution in [3.8, 4) is 11.8 Å². The average molecular weight is 291 g/mol. The summed E-state index contributed by atoms with van der Waals surface area (Å²) in [6.07, 6.45) is 5.26. The summed E-state index contributed by atoms with van der Waals surface area (Å²) in [7, 11) is 0. The number of rotatable bonds is 4. The molecule has 0 unspecified atom stereocenters. The van der Waals surface area contributed by atoms with Crippen molar-refractivity contribution in [2.45, 2.75) is 46.1 Å². The van der Waals surface area contributed by atoms with Gasteiger partial charge in [-0.25, -0.2) is 0 Å². The number of piperidine rings is 1. The Labute approximate surface area is 126 Å². The lowest BCUT2D eigenvalue weighted by Gasteiger charge is -2.41. The smallest absolute Gasteiger partial charge is 0.104 e. The van der Waals surface area contributed by atoms with E-state index in [1.165, 1.54) is 43.6 Å². The highest BCUT2D eigenvalue weighted by atomic mass is 32.1. The Kier molecular flexibility index (Phi) is 5.65. The van der Waals surface area contributed by atoms with Crippen molar-refractivity contribution < 1.29 is 5.11 Å². The van der Waals surface area contributed by atoms with Crippen LogP contribution in [0, 0.1) is 17.3 Å². The third kappa shape index (κ3) is 3.63. The molecule has 0 spiro atoms. The van der Waals surface area contributed by atoms with E-state index in [1.807, 2.05) is 0 Å². The van der Waals surface area contributed by atoms with Crippen LogP contribution in [-0.4, -0.2) is 29.7 Å². The first kappa shape index (κ1) is 15.6. The lowest BCUT2D eigenvalue weighted by molar-refractivity contribution is 0.0915. The Bertz CT molecular complexity index is 469. The predicted molar refractivity (Wildman–Crippen MR) is 85.8 cm³/mol. The molecule has 2 heterocycles. The second-order valence-corrected chi connectivity index (χ2v) is 6.70. The topological polar surface area (TPSA) is 23.5 Å². The van der Waals surface area contributed by atoms with Gasteiger partial charge in [-0.05, 0) is 42.8 Å². The fraction of sp³-hybridized carbons (Fsp3) is 0.647. The van der Waals surface area contributed by atoms with Gasteiger partial charge in [0.25, 0.3) is 0 Å². The average Bonchev–Trinajstić information content (AvgIpc) is 2.93. The van der Waals surface area contributed by atoms with Crippen molar-refractivity contribution in [2.75, 3.05) is 19.7 Å².